The van der Waals surface area contributed by atoms with Gasteiger partial charge in [0.25, 0.3) is 0 Å². The van der Waals surface area contributed by atoms with Crippen molar-refractivity contribution in [3.8, 4) is 0 Å². The maximum Gasteiger partial charge on any atom is 0.389 e. The molecule has 1 aromatic heterocycles. The quantitative estimate of drug-likeness (QED) is 0.861. The van der Waals surface area contributed by atoms with Crippen molar-refractivity contribution in [1.82, 2.24) is 10.3 Å². The zero-order chi connectivity index (χ0) is 12.9. The highest BCUT2D eigenvalue weighted by molar-refractivity contribution is 5.21. The Bertz CT molecular complexity index is 350. The number of nitrogens with one attached hydrogen (secondary N) is 1. The maximum absolute atomic E-state index is 12.2. The van der Waals surface area contributed by atoms with Crippen molar-refractivity contribution >= 4 is 0 Å². The van der Waals surface area contributed by atoms with Gasteiger partial charge in [0.15, 0.2) is 0 Å². The number of pyridine rings is 1. The van der Waals surface area contributed by atoms with Crippen LogP contribution < -0.4 is 5.32 Å². The smallest absolute Gasteiger partial charge is 0.309 e. The fourth-order valence-electron chi connectivity index (χ4n) is 1.75. The summed E-state index contributed by atoms with van der Waals surface area (Å²) in [6.07, 6.45) is -3.27. The molecule has 0 amide bonds. The average Bonchev–Trinajstić information content (AvgIpc) is 2.24. The molecular formula is C12H17F3N2. The van der Waals surface area contributed by atoms with E-state index in [1.54, 1.807) is 12.3 Å². The molecule has 1 aromatic rings. The molecule has 0 aliphatic rings. The summed E-state index contributed by atoms with van der Waals surface area (Å²) in [5.74, 6) is 0. The molecule has 17 heavy (non-hydrogen) atoms. The zero-order valence-corrected chi connectivity index (χ0v) is 10.0. The lowest BCUT2D eigenvalue weighted by Crippen LogP contribution is -2.24. The first-order chi connectivity index (χ1) is 7.94. The fourth-order valence-corrected chi connectivity index (χ4v) is 1.75. The minimum absolute atomic E-state index is 0.0230. The molecule has 1 atom stereocenters. The van der Waals surface area contributed by atoms with Gasteiger partial charge in [-0.1, -0.05) is 13.0 Å². The van der Waals surface area contributed by atoms with Crippen molar-refractivity contribution in [2.75, 3.05) is 6.54 Å². The fraction of sp³-hybridized carbons (Fsp3) is 0.583. The van der Waals surface area contributed by atoms with E-state index in [0.717, 1.165) is 5.56 Å². The van der Waals surface area contributed by atoms with E-state index >= 15 is 0 Å². The summed E-state index contributed by atoms with van der Waals surface area (Å²) in [4.78, 5) is 4.17. The molecule has 1 unspecified atom stereocenters. The second kappa shape index (κ2) is 6.00. The summed E-state index contributed by atoms with van der Waals surface area (Å²) in [7, 11) is 0. The summed E-state index contributed by atoms with van der Waals surface area (Å²) in [5.41, 5.74) is 1.62. The predicted octanol–water partition coefficient (Wildman–Crippen LogP) is 3.38. The lowest BCUT2D eigenvalue weighted by atomic mass is 10.0. The molecule has 0 aliphatic heterocycles. The summed E-state index contributed by atoms with van der Waals surface area (Å²) in [6.45, 7) is 4.36. The van der Waals surface area contributed by atoms with Gasteiger partial charge in [0.05, 0.1) is 11.7 Å². The number of halogens is 3. The molecule has 0 saturated carbocycles. The number of hydrogen-bond donors (Lipinski definition) is 1. The van der Waals surface area contributed by atoms with Crippen molar-refractivity contribution < 1.29 is 13.2 Å². The van der Waals surface area contributed by atoms with E-state index in [4.69, 9.17) is 0 Å². The summed E-state index contributed by atoms with van der Waals surface area (Å²) in [5, 5.41) is 3.05. The van der Waals surface area contributed by atoms with Crippen molar-refractivity contribution in [1.29, 1.82) is 0 Å². The summed E-state index contributed by atoms with van der Waals surface area (Å²) >= 11 is 0. The molecule has 1 heterocycles. The standard InChI is InChI=1S/C12H17F3N2/c1-3-16-10(6-7-12(13,14)15)11-9(2)5-4-8-17-11/h4-5,8,10,16H,3,6-7H2,1-2H3. The molecule has 5 heteroatoms. The normalized spacial score (nSPS) is 13.7. The average molecular weight is 246 g/mol. The van der Waals surface area contributed by atoms with Crippen LogP contribution in [0.3, 0.4) is 0 Å². The zero-order valence-electron chi connectivity index (χ0n) is 10.0. The number of rotatable bonds is 5. The predicted molar refractivity (Wildman–Crippen MR) is 60.7 cm³/mol. The highest BCUT2D eigenvalue weighted by Crippen LogP contribution is 2.27. The Morgan fingerprint density at radius 1 is 1.41 bits per heavy atom. The third-order valence-corrected chi connectivity index (χ3v) is 2.55. The first kappa shape index (κ1) is 14.0. The number of alkyl halides is 3. The number of aromatic nitrogens is 1. The molecule has 0 spiro atoms. The molecule has 1 rings (SSSR count). The van der Waals surface area contributed by atoms with Crippen LogP contribution in [0.25, 0.3) is 0 Å². The van der Waals surface area contributed by atoms with Crippen LogP contribution in [0, 0.1) is 6.92 Å². The largest absolute Gasteiger partial charge is 0.389 e. The molecule has 2 nitrogen and oxygen atoms in total. The lowest BCUT2D eigenvalue weighted by Gasteiger charge is -2.19. The molecule has 0 fully saturated rings. The van der Waals surface area contributed by atoms with E-state index in [2.05, 4.69) is 10.3 Å². The van der Waals surface area contributed by atoms with Crippen molar-refractivity contribution in [3.63, 3.8) is 0 Å². The third kappa shape index (κ3) is 4.73. The molecule has 0 aliphatic carbocycles. The molecule has 0 saturated heterocycles. The van der Waals surface area contributed by atoms with Gasteiger partial charge < -0.3 is 5.32 Å². The van der Waals surface area contributed by atoms with Gasteiger partial charge in [-0.15, -0.1) is 0 Å². The first-order valence-electron chi connectivity index (χ1n) is 5.65. The van der Waals surface area contributed by atoms with Crippen LogP contribution in [0.5, 0.6) is 0 Å². The van der Waals surface area contributed by atoms with Gasteiger partial charge in [0.1, 0.15) is 0 Å². The monoisotopic (exact) mass is 246 g/mol. The Balaban J connectivity index is 2.75. The Kier molecular flexibility index (Phi) is 4.93. The lowest BCUT2D eigenvalue weighted by molar-refractivity contribution is -0.136. The van der Waals surface area contributed by atoms with Gasteiger partial charge in [-0.3, -0.25) is 4.98 Å². The maximum atomic E-state index is 12.2. The molecular weight excluding hydrogens is 229 g/mol. The summed E-state index contributed by atoms with van der Waals surface area (Å²) in [6, 6.07) is 3.31. The van der Waals surface area contributed by atoms with Gasteiger partial charge in [0, 0.05) is 12.6 Å². The number of aryl methyl sites for hydroxylation is 1. The van der Waals surface area contributed by atoms with Gasteiger partial charge in [-0.2, -0.15) is 13.2 Å². The highest BCUT2D eigenvalue weighted by atomic mass is 19.4. The van der Waals surface area contributed by atoms with Crippen molar-refractivity contribution in [2.24, 2.45) is 0 Å². The Hall–Kier alpha value is -1.10. The van der Waals surface area contributed by atoms with Crippen LogP contribution in [0.1, 0.15) is 37.1 Å². The van der Waals surface area contributed by atoms with E-state index < -0.39 is 12.6 Å². The SMILES string of the molecule is CCNC(CCC(F)(F)F)c1ncccc1C. The molecule has 1 N–H and O–H groups in total. The van der Waals surface area contributed by atoms with Gasteiger partial charge in [-0.25, -0.2) is 0 Å². The second-order valence-electron chi connectivity index (χ2n) is 3.97. The summed E-state index contributed by atoms with van der Waals surface area (Å²) < 4.78 is 36.7. The number of hydrogen-bond acceptors (Lipinski definition) is 2. The third-order valence-electron chi connectivity index (χ3n) is 2.55. The second-order valence-corrected chi connectivity index (χ2v) is 3.97. The van der Waals surface area contributed by atoms with Crippen LogP contribution in [0.15, 0.2) is 18.3 Å². The van der Waals surface area contributed by atoms with E-state index in [1.165, 1.54) is 0 Å². The van der Waals surface area contributed by atoms with Gasteiger partial charge >= 0.3 is 6.18 Å². The van der Waals surface area contributed by atoms with Gasteiger partial charge in [-0.05, 0) is 31.5 Å². The molecule has 0 bridgehead atoms. The molecule has 0 radical (unpaired) electrons. The van der Waals surface area contributed by atoms with Crippen LogP contribution in [0.2, 0.25) is 0 Å². The number of nitrogens with zero attached hydrogens (tertiary/aromatic N) is 1. The van der Waals surface area contributed by atoms with Crippen LogP contribution in [-0.4, -0.2) is 17.7 Å². The van der Waals surface area contributed by atoms with Crippen molar-refractivity contribution in [3.05, 3.63) is 29.6 Å². The van der Waals surface area contributed by atoms with Crippen LogP contribution in [0.4, 0.5) is 13.2 Å². The molecule has 0 aromatic carbocycles. The highest BCUT2D eigenvalue weighted by Gasteiger charge is 2.29. The molecule has 96 valence electrons. The Morgan fingerprint density at radius 3 is 2.65 bits per heavy atom. The van der Waals surface area contributed by atoms with Crippen LogP contribution in [-0.2, 0) is 0 Å². The van der Waals surface area contributed by atoms with E-state index in [9.17, 15) is 13.2 Å². The van der Waals surface area contributed by atoms with Gasteiger partial charge in [0.2, 0.25) is 0 Å². The van der Waals surface area contributed by atoms with Crippen molar-refractivity contribution in [2.45, 2.75) is 38.9 Å². The van der Waals surface area contributed by atoms with E-state index in [1.807, 2.05) is 19.9 Å². The van der Waals surface area contributed by atoms with E-state index in [-0.39, 0.29) is 12.5 Å². The minimum Gasteiger partial charge on any atom is -0.309 e. The topological polar surface area (TPSA) is 24.9 Å². The Morgan fingerprint density at radius 2 is 2.12 bits per heavy atom. The first-order valence-corrected chi connectivity index (χ1v) is 5.65. The minimum atomic E-state index is -4.11. The van der Waals surface area contributed by atoms with Crippen LogP contribution >= 0.6 is 0 Å². The Labute approximate surface area is 99.3 Å². The van der Waals surface area contributed by atoms with E-state index in [0.29, 0.717) is 12.2 Å².